The minimum Gasteiger partial charge on any atom is -0.382 e. The van der Waals surface area contributed by atoms with Gasteiger partial charge in [-0.1, -0.05) is 6.92 Å². The Hall–Kier alpha value is -0.610. The molecule has 0 bridgehead atoms. The molecule has 0 spiro atoms. The summed E-state index contributed by atoms with van der Waals surface area (Å²) in [5, 5.41) is 3.16. The van der Waals surface area contributed by atoms with E-state index in [1.165, 1.54) is 0 Å². The molecule has 4 heteroatoms. The summed E-state index contributed by atoms with van der Waals surface area (Å²) in [5.74, 6) is 0.869. The summed E-state index contributed by atoms with van der Waals surface area (Å²) in [6.45, 7) is 4.79. The van der Waals surface area contributed by atoms with Crippen molar-refractivity contribution in [2.24, 2.45) is 11.7 Å². The molecule has 18 heavy (non-hydrogen) atoms. The predicted octanol–water partition coefficient (Wildman–Crippen LogP) is 1.83. The van der Waals surface area contributed by atoms with Crippen LogP contribution in [0.15, 0.2) is 0 Å². The molecule has 1 unspecified atom stereocenters. The molecule has 0 aromatic carbocycles. The highest BCUT2D eigenvalue weighted by Crippen LogP contribution is 2.31. The average Bonchev–Trinajstić information content (AvgIpc) is 2.39. The van der Waals surface area contributed by atoms with Crippen molar-refractivity contribution in [3.05, 3.63) is 0 Å². The van der Waals surface area contributed by atoms with Crippen molar-refractivity contribution >= 4 is 5.91 Å². The number of hydrogen-bond acceptors (Lipinski definition) is 3. The molecule has 0 aromatic rings. The van der Waals surface area contributed by atoms with Crippen LogP contribution in [-0.4, -0.2) is 31.2 Å². The lowest BCUT2D eigenvalue weighted by Gasteiger charge is -2.39. The zero-order chi connectivity index (χ0) is 13.6. The lowest BCUT2D eigenvalue weighted by molar-refractivity contribution is -0.124. The number of carbonyl (C=O) groups excluding carboxylic acids is 1. The van der Waals surface area contributed by atoms with E-state index in [4.69, 9.17) is 10.5 Å². The second-order valence-electron chi connectivity index (χ2n) is 5.80. The molecular weight excluding hydrogens is 228 g/mol. The quantitative estimate of drug-likeness (QED) is 0.762. The Labute approximate surface area is 111 Å². The molecule has 0 saturated heterocycles. The minimum atomic E-state index is -0.153. The molecule has 1 aliphatic rings. The van der Waals surface area contributed by atoms with Crippen LogP contribution >= 0.6 is 0 Å². The van der Waals surface area contributed by atoms with E-state index >= 15 is 0 Å². The summed E-state index contributed by atoms with van der Waals surface area (Å²) in [6.07, 6.45) is 5.76. The maximum atomic E-state index is 12.0. The minimum absolute atomic E-state index is 0.110. The maximum Gasteiger partial charge on any atom is 0.220 e. The number of amides is 1. The van der Waals surface area contributed by atoms with Crippen molar-refractivity contribution in [3.8, 4) is 0 Å². The summed E-state index contributed by atoms with van der Waals surface area (Å²) in [5.41, 5.74) is 5.72. The second-order valence-corrected chi connectivity index (χ2v) is 5.80. The highest BCUT2D eigenvalue weighted by Gasteiger charge is 2.34. The first-order chi connectivity index (χ1) is 8.51. The van der Waals surface area contributed by atoms with Crippen LogP contribution in [0.2, 0.25) is 0 Å². The summed E-state index contributed by atoms with van der Waals surface area (Å²) < 4.78 is 5.15. The molecule has 1 rings (SSSR count). The van der Waals surface area contributed by atoms with Crippen molar-refractivity contribution in [2.45, 2.75) is 64.0 Å². The lowest BCUT2D eigenvalue weighted by atomic mass is 9.77. The lowest BCUT2D eigenvalue weighted by Crippen LogP contribution is -2.55. The molecule has 1 atom stereocenters. The van der Waals surface area contributed by atoms with E-state index < -0.39 is 0 Å². The molecule has 106 valence electrons. The van der Waals surface area contributed by atoms with Crippen LogP contribution in [0.1, 0.15) is 52.4 Å². The van der Waals surface area contributed by atoms with Crippen molar-refractivity contribution in [2.75, 3.05) is 13.7 Å². The first-order valence-corrected chi connectivity index (χ1v) is 7.05. The van der Waals surface area contributed by atoms with E-state index in [2.05, 4.69) is 12.2 Å². The van der Waals surface area contributed by atoms with Crippen LogP contribution in [0, 0.1) is 5.92 Å². The van der Waals surface area contributed by atoms with Gasteiger partial charge in [-0.25, -0.2) is 0 Å². The number of methoxy groups -OCH3 is 1. The Balaban J connectivity index is 2.40. The van der Waals surface area contributed by atoms with Gasteiger partial charge >= 0.3 is 0 Å². The van der Waals surface area contributed by atoms with Gasteiger partial charge in [0.2, 0.25) is 5.91 Å². The number of carbonyl (C=O) groups is 1. The third-order valence-corrected chi connectivity index (χ3v) is 4.21. The van der Waals surface area contributed by atoms with Gasteiger partial charge in [-0.15, -0.1) is 0 Å². The molecule has 4 nitrogen and oxygen atoms in total. The van der Waals surface area contributed by atoms with Gasteiger partial charge in [0.1, 0.15) is 0 Å². The maximum absolute atomic E-state index is 12.0. The molecule has 1 saturated carbocycles. The normalized spacial score (nSPS) is 29.9. The van der Waals surface area contributed by atoms with Gasteiger partial charge < -0.3 is 15.8 Å². The van der Waals surface area contributed by atoms with Crippen LogP contribution in [0.4, 0.5) is 0 Å². The van der Waals surface area contributed by atoms with Crippen molar-refractivity contribution in [3.63, 3.8) is 0 Å². The summed E-state index contributed by atoms with van der Waals surface area (Å²) in [7, 11) is 1.67. The number of rotatable bonds is 6. The predicted molar refractivity (Wildman–Crippen MR) is 73.3 cm³/mol. The van der Waals surface area contributed by atoms with Crippen LogP contribution in [-0.2, 0) is 9.53 Å². The summed E-state index contributed by atoms with van der Waals surface area (Å²) >= 11 is 0. The SMILES string of the molecule is COC(C)CCC(=O)NC1(CN)CCC(C)CC1. The van der Waals surface area contributed by atoms with E-state index in [1.807, 2.05) is 6.92 Å². The van der Waals surface area contributed by atoms with Crippen LogP contribution in [0.3, 0.4) is 0 Å². The molecule has 1 aliphatic carbocycles. The zero-order valence-corrected chi connectivity index (χ0v) is 12.0. The fraction of sp³-hybridized carbons (Fsp3) is 0.929. The monoisotopic (exact) mass is 256 g/mol. The topological polar surface area (TPSA) is 64.3 Å². The highest BCUT2D eigenvalue weighted by atomic mass is 16.5. The number of ether oxygens (including phenoxy) is 1. The molecule has 3 N–H and O–H groups in total. The van der Waals surface area contributed by atoms with E-state index in [1.54, 1.807) is 7.11 Å². The van der Waals surface area contributed by atoms with Gasteiger partial charge in [-0.05, 0) is 44.9 Å². The Kier molecular flexibility index (Phi) is 6.09. The van der Waals surface area contributed by atoms with Gasteiger partial charge in [0, 0.05) is 20.1 Å². The number of hydrogen-bond donors (Lipinski definition) is 2. The van der Waals surface area contributed by atoms with Gasteiger partial charge in [0.15, 0.2) is 0 Å². The average molecular weight is 256 g/mol. The Bertz CT molecular complexity index is 261. The number of nitrogens with two attached hydrogens (primary N) is 1. The van der Waals surface area contributed by atoms with Gasteiger partial charge in [-0.3, -0.25) is 4.79 Å². The molecular formula is C14H28N2O2. The first-order valence-electron chi connectivity index (χ1n) is 7.05. The van der Waals surface area contributed by atoms with Crippen molar-refractivity contribution in [1.29, 1.82) is 0 Å². The third kappa shape index (κ3) is 4.58. The molecule has 1 amide bonds. The van der Waals surface area contributed by atoms with E-state index in [0.29, 0.717) is 13.0 Å². The largest absolute Gasteiger partial charge is 0.382 e. The standard InChI is InChI=1S/C14H28N2O2/c1-11-6-8-14(10-15,9-7-11)16-13(17)5-4-12(2)18-3/h11-12H,4-10,15H2,1-3H3,(H,16,17). The second kappa shape index (κ2) is 7.10. The van der Waals surface area contributed by atoms with Crippen molar-refractivity contribution in [1.82, 2.24) is 5.32 Å². The van der Waals surface area contributed by atoms with Crippen molar-refractivity contribution < 1.29 is 9.53 Å². The van der Waals surface area contributed by atoms with Gasteiger partial charge in [0.25, 0.3) is 0 Å². The molecule has 0 aromatic heterocycles. The zero-order valence-electron chi connectivity index (χ0n) is 12.0. The van der Waals surface area contributed by atoms with Crippen LogP contribution < -0.4 is 11.1 Å². The molecule has 0 heterocycles. The summed E-state index contributed by atoms with van der Waals surface area (Å²) in [6, 6.07) is 0. The highest BCUT2D eigenvalue weighted by molar-refractivity contribution is 5.76. The first kappa shape index (κ1) is 15.4. The van der Waals surface area contributed by atoms with Crippen LogP contribution in [0.5, 0.6) is 0 Å². The van der Waals surface area contributed by atoms with Gasteiger partial charge in [-0.2, -0.15) is 0 Å². The fourth-order valence-electron chi connectivity index (χ4n) is 2.51. The number of nitrogens with one attached hydrogen (secondary N) is 1. The smallest absolute Gasteiger partial charge is 0.220 e. The molecule has 0 aliphatic heterocycles. The van der Waals surface area contributed by atoms with Gasteiger partial charge in [0.05, 0.1) is 11.6 Å². The Morgan fingerprint density at radius 2 is 2.11 bits per heavy atom. The van der Waals surface area contributed by atoms with E-state index in [9.17, 15) is 4.79 Å². The van der Waals surface area contributed by atoms with E-state index in [0.717, 1.165) is 38.0 Å². The summed E-state index contributed by atoms with van der Waals surface area (Å²) in [4.78, 5) is 12.0. The van der Waals surface area contributed by atoms with Crippen LogP contribution in [0.25, 0.3) is 0 Å². The Morgan fingerprint density at radius 3 is 2.61 bits per heavy atom. The molecule has 1 fully saturated rings. The fourth-order valence-corrected chi connectivity index (χ4v) is 2.51. The molecule has 0 radical (unpaired) electrons. The third-order valence-electron chi connectivity index (χ3n) is 4.21. The Morgan fingerprint density at radius 1 is 1.50 bits per heavy atom. The van der Waals surface area contributed by atoms with E-state index in [-0.39, 0.29) is 17.6 Å².